The number of amides is 1. The lowest BCUT2D eigenvalue weighted by molar-refractivity contribution is -0.110. The van der Waals surface area contributed by atoms with Gasteiger partial charge in [-0.2, -0.15) is 0 Å². The fraction of sp³-hybridized carbons (Fsp3) is 0.917. The summed E-state index contributed by atoms with van der Waals surface area (Å²) in [6, 6.07) is 0. The van der Waals surface area contributed by atoms with E-state index in [4.69, 9.17) is 0 Å². The van der Waals surface area contributed by atoms with Crippen molar-refractivity contribution in [1.29, 1.82) is 0 Å². The molecule has 0 spiro atoms. The molecule has 0 aliphatic carbocycles. The average molecular weight is 247 g/mol. The third-order valence-corrected chi connectivity index (χ3v) is 4.26. The number of hydrogen-bond donors (Lipinski definition) is 1. The number of rotatable bonds is 9. The van der Waals surface area contributed by atoms with Gasteiger partial charge in [-0.15, -0.1) is 0 Å². The van der Waals surface area contributed by atoms with Gasteiger partial charge in [0.2, 0.25) is 6.41 Å². The van der Waals surface area contributed by atoms with Crippen LogP contribution in [-0.4, -0.2) is 27.7 Å². The summed E-state index contributed by atoms with van der Waals surface area (Å²) in [6.45, 7) is 8.30. The first-order valence-electron chi connectivity index (χ1n) is 6.00. The first-order valence-corrected chi connectivity index (χ1v) is 7.48. The van der Waals surface area contributed by atoms with Crippen molar-refractivity contribution in [2.45, 2.75) is 52.5 Å². The molecule has 2 unspecified atom stereocenters. The smallest absolute Gasteiger partial charge is 0.207 e. The fourth-order valence-electron chi connectivity index (χ4n) is 1.67. The number of nitrogens with one attached hydrogen (secondary N) is 1. The van der Waals surface area contributed by atoms with E-state index in [1.807, 2.05) is 6.92 Å². The summed E-state index contributed by atoms with van der Waals surface area (Å²) in [7, 11) is -0.834. The lowest BCUT2D eigenvalue weighted by Crippen LogP contribution is -2.46. The maximum absolute atomic E-state index is 11.9. The summed E-state index contributed by atoms with van der Waals surface area (Å²) in [5.41, 5.74) is -0.307. The Kier molecular flexibility index (Phi) is 7.64. The normalized spacial score (nSPS) is 16.8. The van der Waals surface area contributed by atoms with E-state index in [-0.39, 0.29) is 5.54 Å². The molecule has 96 valence electrons. The molecular formula is C12H25NO2S. The lowest BCUT2D eigenvalue weighted by Gasteiger charge is -2.28. The van der Waals surface area contributed by atoms with Crippen LogP contribution in [0.1, 0.15) is 47.0 Å². The highest BCUT2D eigenvalue weighted by Crippen LogP contribution is 2.14. The topological polar surface area (TPSA) is 46.2 Å². The van der Waals surface area contributed by atoms with Crippen molar-refractivity contribution in [2.75, 3.05) is 11.5 Å². The van der Waals surface area contributed by atoms with E-state index in [1.54, 1.807) is 0 Å². The van der Waals surface area contributed by atoms with Crippen molar-refractivity contribution in [3.63, 3.8) is 0 Å². The van der Waals surface area contributed by atoms with E-state index >= 15 is 0 Å². The molecular weight excluding hydrogens is 222 g/mol. The van der Waals surface area contributed by atoms with Gasteiger partial charge in [-0.05, 0) is 25.7 Å². The number of carbonyl (C=O) groups excluding carboxylic acids is 1. The molecule has 0 aliphatic heterocycles. The van der Waals surface area contributed by atoms with Crippen molar-refractivity contribution in [3.05, 3.63) is 0 Å². The minimum absolute atomic E-state index is 0.307. The minimum atomic E-state index is -0.834. The molecule has 0 saturated carbocycles. The van der Waals surface area contributed by atoms with Crippen molar-refractivity contribution in [3.8, 4) is 0 Å². The molecule has 2 atom stereocenters. The maximum Gasteiger partial charge on any atom is 0.207 e. The first-order chi connectivity index (χ1) is 7.43. The van der Waals surface area contributed by atoms with Gasteiger partial charge in [-0.1, -0.05) is 27.2 Å². The standard InChI is InChI=1S/C12H25NO2S/c1-5-7-12(4,13-10-14)9-16(15)8-6-11(2)3/h10-11H,5-9H2,1-4H3,(H,13,14). The highest BCUT2D eigenvalue weighted by molar-refractivity contribution is 7.85. The van der Waals surface area contributed by atoms with Crippen LogP contribution in [0.4, 0.5) is 0 Å². The van der Waals surface area contributed by atoms with Gasteiger partial charge >= 0.3 is 0 Å². The molecule has 0 aromatic rings. The maximum atomic E-state index is 11.9. The molecule has 0 heterocycles. The van der Waals surface area contributed by atoms with Crippen molar-refractivity contribution in [1.82, 2.24) is 5.32 Å². The van der Waals surface area contributed by atoms with Crippen LogP contribution in [0.25, 0.3) is 0 Å². The van der Waals surface area contributed by atoms with E-state index in [0.717, 1.165) is 31.4 Å². The average Bonchev–Trinajstić information content (AvgIpc) is 2.15. The molecule has 0 radical (unpaired) electrons. The summed E-state index contributed by atoms with van der Waals surface area (Å²) < 4.78 is 11.9. The molecule has 4 heteroatoms. The van der Waals surface area contributed by atoms with E-state index in [1.165, 1.54) is 0 Å². The van der Waals surface area contributed by atoms with Crippen LogP contribution in [0.5, 0.6) is 0 Å². The molecule has 0 saturated heterocycles. The van der Waals surface area contributed by atoms with Crippen molar-refractivity contribution < 1.29 is 9.00 Å². The van der Waals surface area contributed by atoms with Gasteiger partial charge < -0.3 is 5.32 Å². The van der Waals surface area contributed by atoms with Gasteiger partial charge in [-0.3, -0.25) is 9.00 Å². The van der Waals surface area contributed by atoms with Gasteiger partial charge in [0, 0.05) is 27.8 Å². The Balaban J connectivity index is 4.17. The second-order valence-corrected chi connectivity index (χ2v) is 6.62. The predicted molar refractivity (Wildman–Crippen MR) is 69.8 cm³/mol. The molecule has 0 rings (SSSR count). The summed E-state index contributed by atoms with van der Waals surface area (Å²) in [4.78, 5) is 10.5. The Labute approximate surface area is 102 Å². The molecule has 0 aromatic carbocycles. The molecule has 0 aliphatic rings. The molecule has 0 bridgehead atoms. The molecule has 16 heavy (non-hydrogen) atoms. The molecule has 3 nitrogen and oxygen atoms in total. The molecule has 0 fully saturated rings. The zero-order valence-electron chi connectivity index (χ0n) is 10.9. The van der Waals surface area contributed by atoms with E-state index in [0.29, 0.717) is 11.7 Å². The number of hydrogen-bond acceptors (Lipinski definition) is 2. The molecule has 1 amide bonds. The third kappa shape index (κ3) is 6.99. The van der Waals surface area contributed by atoms with Crippen molar-refractivity contribution in [2.24, 2.45) is 5.92 Å². The zero-order chi connectivity index (χ0) is 12.6. The molecule has 0 aromatic heterocycles. The van der Waals surface area contributed by atoms with Crippen LogP contribution < -0.4 is 5.32 Å². The summed E-state index contributed by atoms with van der Waals surface area (Å²) in [5.74, 6) is 1.88. The Morgan fingerprint density at radius 2 is 2.06 bits per heavy atom. The van der Waals surface area contributed by atoms with Gasteiger partial charge in [0.05, 0.1) is 0 Å². The summed E-state index contributed by atoms with van der Waals surface area (Å²) in [6.07, 6.45) is 3.56. The quantitative estimate of drug-likeness (QED) is 0.634. The predicted octanol–water partition coefficient (Wildman–Crippen LogP) is 2.09. The second kappa shape index (κ2) is 7.82. The second-order valence-electron chi connectivity index (χ2n) is 5.04. The highest BCUT2D eigenvalue weighted by Gasteiger charge is 2.24. The van der Waals surface area contributed by atoms with Crippen LogP contribution >= 0.6 is 0 Å². The Morgan fingerprint density at radius 1 is 1.44 bits per heavy atom. The Morgan fingerprint density at radius 3 is 2.50 bits per heavy atom. The number of carbonyl (C=O) groups is 1. The SMILES string of the molecule is CCCC(C)(CS(=O)CCC(C)C)NC=O. The van der Waals surface area contributed by atoms with Gasteiger partial charge in [0.25, 0.3) is 0 Å². The summed E-state index contributed by atoms with van der Waals surface area (Å²) in [5, 5.41) is 2.80. The minimum Gasteiger partial charge on any atom is -0.353 e. The highest BCUT2D eigenvalue weighted by atomic mass is 32.2. The van der Waals surface area contributed by atoms with Gasteiger partial charge in [-0.25, -0.2) is 0 Å². The summed E-state index contributed by atoms with van der Waals surface area (Å²) >= 11 is 0. The fourth-order valence-corrected chi connectivity index (χ4v) is 3.49. The van der Waals surface area contributed by atoms with Crippen LogP contribution in [0.3, 0.4) is 0 Å². The van der Waals surface area contributed by atoms with Gasteiger partial charge in [0.1, 0.15) is 0 Å². The van der Waals surface area contributed by atoms with Crippen LogP contribution in [0.15, 0.2) is 0 Å². The van der Waals surface area contributed by atoms with E-state index < -0.39 is 10.8 Å². The first kappa shape index (κ1) is 15.6. The Bertz CT molecular complexity index is 231. The van der Waals surface area contributed by atoms with Crippen LogP contribution in [0, 0.1) is 5.92 Å². The largest absolute Gasteiger partial charge is 0.353 e. The third-order valence-electron chi connectivity index (χ3n) is 2.61. The van der Waals surface area contributed by atoms with Gasteiger partial charge in [0.15, 0.2) is 0 Å². The van der Waals surface area contributed by atoms with Crippen LogP contribution in [0.2, 0.25) is 0 Å². The van der Waals surface area contributed by atoms with Crippen LogP contribution in [-0.2, 0) is 15.6 Å². The monoisotopic (exact) mass is 247 g/mol. The molecule has 1 N–H and O–H groups in total. The Hall–Kier alpha value is -0.380. The van der Waals surface area contributed by atoms with Crippen molar-refractivity contribution >= 4 is 17.2 Å². The lowest BCUT2D eigenvalue weighted by atomic mass is 9.99. The van der Waals surface area contributed by atoms with E-state index in [2.05, 4.69) is 26.1 Å². The van der Waals surface area contributed by atoms with E-state index in [9.17, 15) is 9.00 Å². The zero-order valence-corrected chi connectivity index (χ0v) is 11.7.